The summed E-state index contributed by atoms with van der Waals surface area (Å²) in [4.78, 5) is 30.0. The van der Waals surface area contributed by atoms with Crippen molar-refractivity contribution < 1.29 is 18.5 Å². The van der Waals surface area contributed by atoms with Crippen molar-refractivity contribution in [2.24, 2.45) is 0 Å². The molecule has 1 aromatic heterocycles. The quantitative estimate of drug-likeness (QED) is 0.610. The number of anilines is 1. The summed E-state index contributed by atoms with van der Waals surface area (Å²) in [6, 6.07) is 12.6. The Balaban J connectivity index is 1.49. The van der Waals surface area contributed by atoms with E-state index in [1.165, 1.54) is 24.1 Å². The van der Waals surface area contributed by atoms with E-state index in [4.69, 9.17) is 10.9 Å². The Bertz CT molecular complexity index is 1090. The Kier molecular flexibility index (Phi) is 6.55. The van der Waals surface area contributed by atoms with Gasteiger partial charge in [0.25, 0.3) is 0 Å². The van der Waals surface area contributed by atoms with Crippen LogP contribution < -0.4 is 5.32 Å². The first kappa shape index (κ1) is 20.7. The van der Waals surface area contributed by atoms with E-state index in [1.807, 2.05) is 0 Å². The number of terminal acetylenes is 1. The van der Waals surface area contributed by atoms with E-state index in [1.54, 1.807) is 36.4 Å². The van der Waals surface area contributed by atoms with E-state index in [-0.39, 0.29) is 42.9 Å². The zero-order chi connectivity index (χ0) is 21.5. The highest BCUT2D eigenvalue weighted by Crippen LogP contribution is 2.17. The van der Waals surface area contributed by atoms with E-state index in [2.05, 4.69) is 21.4 Å². The summed E-state index contributed by atoms with van der Waals surface area (Å²) in [5, 5.41) is 6.54. The molecule has 0 spiro atoms. The highest BCUT2D eigenvalue weighted by Gasteiger charge is 2.16. The summed E-state index contributed by atoms with van der Waals surface area (Å²) in [6.07, 6.45) is 5.67. The first-order valence-corrected chi connectivity index (χ1v) is 9.13. The molecule has 7 nitrogen and oxygen atoms in total. The Labute approximate surface area is 172 Å². The van der Waals surface area contributed by atoms with Crippen molar-refractivity contribution in [2.45, 2.75) is 12.8 Å². The van der Waals surface area contributed by atoms with Crippen molar-refractivity contribution in [1.29, 1.82) is 0 Å². The predicted molar refractivity (Wildman–Crippen MR) is 109 cm³/mol. The SMILES string of the molecule is C#Cc1cccc(NC(=O)CN(C)C(=O)CCc2nc(-c3ccc(F)cc3)no2)c1. The maximum absolute atomic E-state index is 13.0. The zero-order valence-electron chi connectivity index (χ0n) is 16.3. The van der Waals surface area contributed by atoms with Crippen LogP contribution in [0, 0.1) is 18.2 Å². The predicted octanol–water partition coefficient (Wildman–Crippen LogP) is 2.89. The normalized spacial score (nSPS) is 10.3. The molecule has 0 aliphatic carbocycles. The van der Waals surface area contributed by atoms with Gasteiger partial charge in [0.1, 0.15) is 5.82 Å². The van der Waals surface area contributed by atoms with Crippen LogP contribution in [0.25, 0.3) is 11.4 Å². The Hall–Kier alpha value is -3.99. The van der Waals surface area contributed by atoms with Crippen LogP contribution in [0.4, 0.5) is 10.1 Å². The summed E-state index contributed by atoms with van der Waals surface area (Å²) in [5.74, 6) is 2.16. The Morgan fingerprint density at radius 3 is 2.73 bits per heavy atom. The largest absolute Gasteiger partial charge is 0.339 e. The van der Waals surface area contributed by atoms with E-state index in [0.29, 0.717) is 22.6 Å². The third-order valence-corrected chi connectivity index (χ3v) is 4.24. The number of nitrogens with zero attached hydrogens (tertiary/aromatic N) is 3. The number of amides is 2. The van der Waals surface area contributed by atoms with Crippen molar-refractivity contribution >= 4 is 17.5 Å². The molecular formula is C22H19FN4O3. The lowest BCUT2D eigenvalue weighted by molar-refractivity contribution is -0.133. The molecule has 1 heterocycles. The molecule has 8 heteroatoms. The fourth-order valence-electron chi connectivity index (χ4n) is 2.67. The molecular weight excluding hydrogens is 387 g/mol. The second-order valence-corrected chi connectivity index (χ2v) is 6.54. The Morgan fingerprint density at radius 1 is 1.23 bits per heavy atom. The number of aryl methyl sites for hydroxylation is 1. The number of benzene rings is 2. The van der Waals surface area contributed by atoms with E-state index < -0.39 is 0 Å². The second-order valence-electron chi connectivity index (χ2n) is 6.54. The number of rotatable bonds is 7. The number of carbonyl (C=O) groups is 2. The molecule has 0 fully saturated rings. The van der Waals surface area contributed by atoms with Gasteiger partial charge >= 0.3 is 0 Å². The van der Waals surface area contributed by atoms with E-state index in [0.717, 1.165) is 0 Å². The van der Waals surface area contributed by atoms with Crippen LogP contribution in [0.15, 0.2) is 53.1 Å². The lowest BCUT2D eigenvalue weighted by atomic mass is 10.2. The maximum Gasteiger partial charge on any atom is 0.243 e. The van der Waals surface area contributed by atoms with Crippen molar-refractivity contribution in [3.63, 3.8) is 0 Å². The summed E-state index contributed by atoms with van der Waals surface area (Å²) in [7, 11) is 1.54. The lowest BCUT2D eigenvalue weighted by Gasteiger charge is -2.16. The van der Waals surface area contributed by atoms with Crippen LogP contribution in [0.3, 0.4) is 0 Å². The molecule has 3 rings (SSSR count). The third-order valence-electron chi connectivity index (χ3n) is 4.24. The molecule has 30 heavy (non-hydrogen) atoms. The standard InChI is InChI=1S/C22H19FN4O3/c1-3-15-5-4-6-18(13-15)24-19(28)14-27(2)21(29)12-11-20-25-22(26-30-20)16-7-9-17(23)10-8-16/h1,4-10,13H,11-12,14H2,2H3,(H,24,28). The van der Waals surface area contributed by atoms with Gasteiger partial charge in [-0.15, -0.1) is 6.42 Å². The first-order valence-electron chi connectivity index (χ1n) is 9.13. The minimum Gasteiger partial charge on any atom is -0.339 e. The smallest absolute Gasteiger partial charge is 0.243 e. The van der Waals surface area contributed by atoms with E-state index in [9.17, 15) is 14.0 Å². The number of carbonyl (C=O) groups excluding carboxylic acids is 2. The minimum atomic E-state index is -0.358. The van der Waals surface area contributed by atoms with Gasteiger partial charge in [-0.1, -0.05) is 17.1 Å². The molecule has 0 radical (unpaired) electrons. The molecule has 0 saturated heterocycles. The molecule has 0 aliphatic rings. The average molecular weight is 406 g/mol. The van der Waals surface area contributed by atoms with Crippen LogP contribution in [0.2, 0.25) is 0 Å². The molecule has 152 valence electrons. The highest BCUT2D eigenvalue weighted by atomic mass is 19.1. The van der Waals surface area contributed by atoms with Gasteiger partial charge in [-0.3, -0.25) is 9.59 Å². The molecule has 0 saturated carbocycles. The number of hydrogen-bond donors (Lipinski definition) is 1. The lowest BCUT2D eigenvalue weighted by Crippen LogP contribution is -2.35. The van der Waals surface area contributed by atoms with Gasteiger partial charge in [-0.25, -0.2) is 4.39 Å². The van der Waals surface area contributed by atoms with Gasteiger partial charge in [0.05, 0.1) is 6.54 Å². The van der Waals surface area contributed by atoms with Crippen LogP contribution in [0.5, 0.6) is 0 Å². The van der Waals surface area contributed by atoms with Crippen LogP contribution >= 0.6 is 0 Å². The van der Waals surface area contributed by atoms with Gasteiger partial charge in [0.2, 0.25) is 23.5 Å². The molecule has 0 atom stereocenters. The molecule has 2 aromatic carbocycles. The van der Waals surface area contributed by atoms with Gasteiger partial charge in [-0.2, -0.15) is 4.98 Å². The fourth-order valence-corrected chi connectivity index (χ4v) is 2.67. The average Bonchev–Trinajstić information content (AvgIpc) is 3.21. The summed E-state index contributed by atoms with van der Waals surface area (Å²) >= 11 is 0. The number of nitrogens with one attached hydrogen (secondary N) is 1. The molecule has 2 amide bonds. The fraction of sp³-hybridized carbons (Fsp3) is 0.182. The molecule has 1 N–H and O–H groups in total. The molecule has 0 aliphatic heterocycles. The van der Waals surface area contributed by atoms with Gasteiger partial charge < -0.3 is 14.7 Å². The zero-order valence-corrected chi connectivity index (χ0v) is 16.3. The van der Waals surface area contributed by atoms with Crippen LogP contribution in [0.1, 0.15) is 17.9 Å². The number of likely N-dealkylation sites (N-methyl/N-ethyl adjacent to an activating group) is 1. The highest BCUT2D eigenvalue weighted by molar-refractivity contribution is 5.94. The summed E-state index contributed by atoms with van der Waals surface area (Å²) < 4.78 is 18.1. The van der Waals surface area contributed by atoms with Crippen LogP contribution in [-0.4, -0.2) is 40.4 Å². The Morgan fingerprint density at radius 2 is 2.00 bits per heavy atom. The van der Waals surface area contributed by atoms with Gasteiger partial charge in [-0.05, 0) is 42.5 Å². The van der Waals surface area contributed by atoms with E-state index >= 15 is 0 Å². The molecule has 3 aromatic rings. The van der Waals surface area contributed by atoms with Gasteiger partial charge in [0, 0.05) is 36.7 Å². The minimum absolute atomic E-state index is 0.0986. The van der Waals surface area contributed by atoms with Crippen LogP contribution in [-0.2, 0) is 16.0 Å². The second kappa shape index (κ2) is 9.47. The maximum atomic E-state index is 13.0. The first-order chi connectivity index (χ1) is 14.4. The van der Waals surface area contributed by atoms with Crippen molar-refractivity contribution in [3.05, 3.63) is 65.8 Å². The van der Waals surface area contributed by atoms with Crippen molar-refractivity contribution in [1.82, 2.24) is 15.0 Å². The van der Waals surface area contributed by atoms with Crippen molar-refractivity contribution in [3.8, 4) is 23.7 Å². The van der Waals surface area contributed by atoms with Gasteiger partial charge in [0.15, 0.2) is 0 Å². The summed E-state index contributed by atoms with van der Waals surface area (Å²) in [6.45, 7) is -0.107. The number of hydrogen-bond acceptors (Lipinski definition) is 5. The third kappa shape index (κ3) is 5.52. The monoisotopic (exact) mass is 406 g/mol. The number of aromatic nitrogens is 2. The molecule has 0 bridgehead atoms. The van der Waals surface area contributed by atoms with Crippen molar-refractivity contribution in [2.75, 3.05) is 18.9 Å². The number of halogens is 1. The topological polar surface area (TPSA) is 88.3 Å². The summed E-state index contributed by atoms with van der Waals surface area (Å²) in [5.41, 5.74) is 1.83. The molecule has 0 unspecified atom stereocenters.